The molecule has 0 radical (unpaired) electrons. The molecule has 0 spiro atoms. The average Bonchev–Trinajstić information content (AvgIpc) is 2.48. The Morgan fingerprint density at radius 2 is 1.86 bits per heavy atom. The fraction of sp³-hybridized carbons (Fsp3) is 0.0667. The summed E-state index contributed by atoms with van der Waals surface area (Å²) in [5, 5.41) is 3.73. The van der Waals surface area contributed by atoms with E-state index in [1.165, 1.54) is 18.3 Å². The van der Waals surface area contributed by atoms with Crippen LogP contribution in [0.5, 0.6) is 0 Å². The Balaban J connectivity index is 2.09. The smallest absolute Gasteiger partial charge is 0.267 e. The molecular formula is C15H10BrF3N2O. The van der Waals surface area contributed by atoms with E-state index in [0.29, 0.717) is 0 Å². The Bertz CT molecular complexity index is 714. The van der Waals surface area contributed by atoms with Gasteiger partial charge in [0.05, 0.1) is 11.8 Å². The molecule has 0 fully saturated rings. The first-order valence-electron chi connectivity index (χ1n) is 6.13. The van der Waals surface area contributed by atoms with Gasteiger partial charge in [0.1, 0.15) is 0 Å². The van der Waals surface area contributed by atoms with Crippen LogP contribution in [0.2, 0.25) is 0 Å². The number of carbonyl (C=O) groups is 1. The van der Waals surface area contributed by atoms with E-state index in [1.54, 1.807) is 18.2 Å². The number of benzene rings is 2. The topological polar surface area (TPSA) is 41.5 Å². The van der Waals surface area contributed by atoms with Gasteiger partial charge in [-0.05, 0) is 24.3 Å². The summed E-state index contributed by atoms with van der Waals surface area (Å²) in [5.74, 6) is -0.714. The van der Waals surface area contributed by atoms with E-state index < -0.39 is 17.6 Å². The second-order valence-corrected chi connectivity index (χ2v) is 5.15. The molecule has 1 N–H and O–H groups in total. The normalized spacial score (nSPS) is 11.6. The monoisotopic (exact) mass is 370 g/mol. The molecule has 0 unspecified atom stereocenters. The molecule has 3 nitrogen and oxygen atoms in total. The third kappa shape index (κ3) is 4.17. The maximum Gasteiger partial charge on any atom is 0.416 e. The van der Waals surface area contributed by atoms with Crippen LogP contribution in [0.4, 0.5) is 13.2 Å². The van der Waals surface area contributed by atoms with Crippen LogP contribution in [-0.4, -0.2) is 12.1 Å². The summed E-state index contributed by atoms with van der Waals surface area (Å²) in [6.45, 7) is 0. The molecule has 0 aliphatic carbocycles. The van der Waals surface area contributed by atoms with E-state index in [-0.39, 0.29) is 5.56 Å². The molecule has 0 saturated heterocycles. The highest BCUT2D eigenvalue weighted by Gasteiger charge is 2.30. The molecular weight excluding hydrogens is 361 g/mol. The van der Waals surface area contributed by atoms with Crippen molar-refractivity contribution in [2.75, 3.05) is 0 Å². The van der Waals surface area contributed by atoms with Gasteiger partial charge in [-0.2, -0.15) is 18.3 Å². The lowest BCUT2D eigenvalue weighted by atomic mass is 10.1. The lowest BCUT2D eigenvalue weighted by Crippen LogP contribution is -2.18. The van der Waals surface area contributed by atoms with Gasteiger partial charge in [-0.25, -0.2) is 5.43 Å². The van der Waals surface area contributed by atoms with Crippen molar-refractivity contribution in [2.45, 2.75) is 6.18 Å². The predicted octanol–water partition coefficient (Wildman–Crippen LogP) is 4.23. The van der Waals surface area contributed by atoms with Crippen molar-refractivity contribution in [1.29, 1.82) is 0 Å². The minimum absolute atomic E-state index is 0.112. The van der Waals surface area contributed by atoms with Crippen molar-refractivity contribution in [2.24, 2.45) is 5.10 Å². The molecule has 0 bridgehead atoms. The lowest BCUT2D eigenvalue weighted by Gasteiger charge is -2.07. The number of nitrogens with zero attached hydrogens (tertiary/aromatic N) is 1. The quantitative estimate of drug-likeness (QED) is 0.637. The highest BCUT2D eigenvalue weighted by Crippen LogP contribution is 2.29. The molecule has 0 heterocycles. The molecule has 114 valence electrons. The first-order valence-corrected chi connectivity index (χ1v) is 6.92. The zero-order valence-corrected chi connectivity index (χ0v) is 12.6. The fourth-order valence-electron chi connectivity index (χ4n) is 1.64. The zero-order valence-electron chi connectivity index (χ0n) is 11.1. The highest BCUT2D eigenvalue weighted by molar-refractivity contribution is 9.10. The Labute approximate surface area is 133 Å². The Kier molecular flexibility index (Phi) is 4.97. The van der Waals surface area contributed by atoms with Crippen molar-refractivity contribution in [3.05, 3.63) is 69.7 Å². The van der Waals surface area contributed by atoms with Gasteiger partial charge < -0.3 is 0 Å². The van der Waals surface area contributed by atoms with Crippen molar-refractivity contribution in [1.82, 2.24) is 5.43 Å². The Hall–Kier alpha value is -2.15. The summed E-state index contributed by atoms with van der Waals surface area (Å²) in [6.07, 6.45) is -3.09. The van der Waals surface area contributed by atoms with Crippen LogP contribution in [-0.2, 0) is 6.18 Å². The van der Waals surface area contributed by atoms with Crippen LogP contribution in [0.3, 0.4) is 0 Å². The molecule has 2 aromatic rings. The molecule has 0 atom stereocenters. The summed E-state index contributed by atoms with van der Waals surface area (Å²) < 4.78 is 38.5. The summed E-state index contributed by atoms with van der Waals surface area (Å²) >= 11 is 3.31. The number of alkyl halides is 3. The highest BCUT2D eigenvalue weighted by atomic mass is 79.9. The SMILES string of the molecule is O=C(N/N=C\c1ccccc1Br)c1cccc(C(F)(F)F)c1. The Morgan fingerprint density at radius 1 is 1.14 bits per heavy atom. The van der Waals surface area contributed by atoms with Crippen LogP contribution in [0.1, 0.15) is 21.5 Å². The van der Waals surface area contributed by atoms with E-state index in [2.05, 4.69) is 26.5 Å². The van der Waals surface area contributed by atoms with Crippen LogP contribution < -0.4 is 5.43 Å². The number of halogens is 4. The maximum absolute atomic E-state index is 12.6. The molecule has 22 heavy (non-hydrogen) atoms. The number of hydrazone groups is 1. The molecule has 2 aromatic carbocycles. The number of carbonyl (C=O) groups excluding carboxylic acids is 1. The van der Waals surface area contributed by atoms with Crippen LogP contribution in [0.15, 0.2) is 58.1 Å². The van der Waals surface area contributed by atoms with E-state index >= 15 is 0 Å². The van der Waals surface area contributed by atoms with Gasteiger partial charge in [-0.3, -0.25) is 4.79 Å². The second-order valence-electron chi connectivity index (χ2n) is 4.30. The molecule has 0 saturated carbocycles. The van der Waals surface area contributed by atoms with Crippen LogP contribution in [0, 0.1) is 0 Å². The Morgan fingerprint density at radius 3 is 2.55 bits per heavy atom. The fourth-order valence-corrected chi connectivity index (χ4v) is 2.03. The number of rotatable bonds is 3. The third-order valence-corrected chi connectivity index (χ3v) is 3.45. The summed E-state index contributed by atoms with van der Waals surface area (Å²) in [7, 11) is 0. The largest absolute Gasteiger partial charge is 0.416 e. The molecule has 0 aliphatic heterocycles. The van der Waals surface area contributed by atoms with Gasteiger partial charge in [-0.15, -0.1) is 0 Å². The van der Waals surface area contributed by atoms with Gasteiger partial charge in [0.25, 0.3) is 5.91 Å². The lowest BCUT2D eigenvalue weighted by molar-refractivity contribution is -0.137. The minimum Gasteiger partial charge on any atom is -0.267 e. The molecule has 0 aromatic heterocycles. The first kappa shape index (κ1) is 16.2. The summed E-state index contributed by atoms with van der Waals surface area (Å²) in [4.78, 5) is 11.8. The molecule has 0 aliphatic rings. The van der Waals surface area contributed by atoms with E-state index in [4.69, 9.17) is 0 Å². The second kappa shape index (κ2) is 6.74. The standard InChI is InChI=1S/C15H10BrF3N2O/c16-13-7-2-1-4-11(13)9-20-21-14(22)10-5-3-6-12(8-10)15(17,18)19/h1-9H,(H,21,22)/b20-9-. The molecule has 1 amide bonds. The van der Waals surface area contributed by atoms with Gasteiger partial charge in [-0.1, -0.05) is 40.2 Å². The average molecular weight is 371 g/mol. The predicted molar refractivity (Wildman–Crippen MR) is 80.6 cm³/mol. The number of amides is 1. The van der Waals surface area contributed by atoms with Gasteiger partial charge >= 0.3 is 6.18 Å². The zero-order chi connectivity index (χ0) is 16.2. The number of hydrogen-bond donors (Lipinski definition) is 1. The minimum atomic E-state index is -4.49. The summed E-state index contributed by atoms with van der Waals surface area (Å²) in [5.41, 5.74) is 1.93. The molecule has 2 rings (SSSR count). The number of nitrogens with one attached hydrogen (secondary N) is 1. The van der Waals surface area contributed by atoms with Crippen LogP contribution in [0.25, 0.3) is 0 Å². The van der Waals surface area contributed by atoms with Crippen molar-refractivity contribution >= 4 is 28.1 Å². The van der Waals surface area contributed by atoms with Gasteiger partial charge in [0.15, 0.2) is 0 Å². The maximum atomic E-state index is 12.6. The van der Waals surface area contributed by atoms with Crippen molar-refractivity contribution in [3.63, 3.8) is 0 Å². The van der Waals surface area contributed by atoms with Crippen molar-refractivity contribution in [3.8, 4) is 0 Å². The van der Waals surface area contributed by atoms with E-state index in [0.717, 1.165) is 22.2 Å². The molecule has 7 heteroatoms. The van der Waals surface area contributed by atoms with Gasteiger partial charge in [0, 0.05) is 15.6 Å². The first-order chi connectivity index (χ1) is 10.4. The van der Waals surface area contributed by atoms with Crippen molar-refractivity contribution < 1.29 is 18.0 Å². The van der Waals surface area contributed by atoms with Gasteiger partial charge in [0.2, 0.25) is 0 Å². The van der Waals surface area contributed by atoms with E-state index in [9.17, 15) is 18.0 Å². The third-order valence-electron chi connectivity index (χ3n) is 2.73. The summed E-state index contributed by atoms with van der Waals surface area (Å²) in [6, 6.07) is 11.3. The van der Waals surface area contributed by atoms with Crippen LogP contribution >= 0.6 is 15.9 Å². The van der Waals surface area contributed by atoms with E-state index in [1.807, 2.05) is 6.07 Å². The number of hydrogen-bond acceptors (Lipinski definition) is 2.